The lowest BCUT2D eigenvalue weighted by atomic mass is 10.3. The van der Waals surface area contributed by atoms with Crippen molar-refractivity contribution in [3.63, 3.8) is 0 Å². The monoisotopic (exact) mass is 353 g/mol. The van der Waals surface area contributed by atoms with Crippen LogP contribution < -0.4 is 10.2 Å². The van der Waals surface area contributed by atoms with E-state index in [1.807, 2.05) is 0 Å². The molecule has 1 atom stereocenters. The molecule has 0 bridgehead atoms. The summed E-state index contributed by atoms with van der Waals surface area (Å²) in [5.74, 6) is 1.25. The lowest BCUT2D eigenvalue weighted by Gasteiger charge is -2.18. The van der Waals surface area contributed by atoms with Gasteiger partial charge in [-0.15, -0.1) is 0 Å². The van der Waals surface area contributed by atoms with Crippen LogP contribution in [0, 0.1) is 0 Å². The average Bonchev–Trinajstić information content (AvgIpc) is 3.15. The zero-order valence-electron chi connectivity index (χ0n) is 12.1. The molecule has 0 fully saturated rings. The summed E-state index contributed by atoms with van der Waals surface area (Å²) in [7, 11) is 0. The summed E-state index contributed by atoms with van der Waals surface area (Å²) in [6.45, 7) is 1.54. The number of amides is 1. The van der Waals surface area contributed by atoms with Gasteiger partial charge in [0.25, 0.3) is 5.91 Å². The highest BCUT2D eigenvalue weighted by Crippen LogP contribution is 2.27. The molecule has 6 nitrogen and oxygen atoms in total. The third kappa shape index (κ3) is 3.50. The molecule has 1 N–H and O–H groups in total. The summed E-state index contributed by atoms with van der Waals surface area (Å²) in [4.78, 5) is 16.6. The Kier molecular flexibility index (Phi) is 4.56. The van der Waals surface area contributed by atoms with E-state index in [0.717, 1.165) is 0 Å². The van der Waals surface area contributed by atoms with E-state index in [9.17, 15) is 4.79 Å². The first-order valence-corrected chi connectivity index (χ1v) is 7.55. The SMILES string of the molecule is CC1=NC(c2ccco2)NN1C(=O)COc1ccc(Cl)cc1Cl. The Labute approximate surface area is 142 Å². The number of rotatable bonds is 4. The Morgan fingerprint density at radius 3 is 2.96 bits per heavy atom. The van der Waals surface area contributed by atoms with E-state index in [4.69, 9.17) is 32.4 Å². The number of hydrazine groups is 1. The zero-order valence-corrected chi connectivity index (χ0v) is 13.6. The molecule has 3 rings (SSSR count). The molecule has 23 heavy (non-hydrogen) atoms. The number of nitrogens with zero attached hydrogens (tertiary/aromatic N) is 2. The van der Waals surface area contributed by atoms with Gasteiger partial charge in [0.15, 0.2) is 12.8 Å². The summed E-state index contributed by atoms with van der Waals surface area (Å²) in [5.41, 5.74) is 2.96. The fraction of sp³-hybridized carbons (Fsp3) is 0.200. The van der Waals surface area contributed by atoms with Crippen LogP contribution >= 0.6 is 23.2 Å². The third-order valence-electron chi connectivity index (χ3n) is 3.20. The van der Waals surface area contributed by atoms with Crippen molar-refractivity contribution in [3.8, 4) is 5.75 Å². The molecule has 0 saturated carbocycles. The molecule has 1 unspecified atom stereocenters. The van der Waals surface area contributed by atoms with Crippen LogP contribution in [0.1, 0.15) is 18.8 Å². The van der Waals surface area contributed by atoms with Gasteiger partial charge in [-0.3, -0.25) is 4.79 Å². The van der Waals surface area contributed by atoms with Gasteiger partial charge >= 0.3 is 0 Å². The fourth-order valence-corrected chi connectivity index (χ4v) is 2.58. The largest absolute Gasteiger partial charge is 0.482 e. The molecule has 1 aromatic heterocycles. The molecule has 1 aromatic carbocycles. The minimum atomic E-state index is -0.423. The predicted octanol–water partition coefficient (Wildman–Crippen LogP) is 3.43. The first-order chi connectivity index (χ1) is 11.0. The van der Waals surface area contributed by atoms with Crippen molar-refractivity contribution < 1.29 is 13.9 Å². The molecule has 0 saturated heterocycles. The Balaban J connectivity index is 1.62. The summed E-state index contributed by atoms with van der Waals surface area (Å²) < 4.78 is 10.7. The van der Waals surface area contributed by atoms with Gasteiger partial charge < -0.3 is 9.15 Å². The highest BCUT2D eigenvalue weighted by molar-refractivity contribution is 6.35. The van der Waals surface area contributed by atoms with Crippen molar-refractivity contribution in [1.29, 1.82) is 0 Å². The highest BCUT2D eigenvalue weighted by Gasteiger charge is 2.29. The van der Waals surface area contributed by atoms with Gasteiger partial charge in [-0.25, -0.2) is 10.0 Å². The van der Waals surface area contributed by atoms with Gasteiger partial charge in [0.05, 0.1) is 11.3 Å². The van der Waals surface area contributed by atoms with Crippen molar-refractivity contribution in [2.24, 2.45) is 4.99 Å². The number of halogens is 2. The molecule has 0 radical (unpaired) electrons. The summed E-state index contributed by atoms with van der Waals surface area (Å²) >= 11 is 11.8. The Bertz CT molecular complexity index is 746. The Morgan fingerprint density at radius 2 is 2.26 bits per heavy atom. The maximum absolute atomic E-state index is 12.3. The van der Waals surface area contributed by atoms with Gasteiger partial charge in [0.1, 0.15) is 17.3 Å². The lowest BCUT2D eigenvalue weighted by Crippen LogP contribution is -2.44. The minimum Gasteiger partial charge on any atom is -0.482 e. The van der Waals surface area contributed by atoms with Crippen molar-refractivity contribution in [3.05, 3.63) is 52.4 Å². The number of hydrogen-bond donors (Lipinski definition) is 1. The second-order valence-corrected chi connectivity index (χ2v) is 5.66. The summed E-state index contributed by atoms with van der Waals surface area (Å²) in [6, 6.07) is 8.35. The molecule has 2 heterocycles. The predicted molar refractivity (Wildman–Crippen MR) is 86.5 cm³/mol. The van der Waals surface area contributed by atoms with Gasteiger partial charge in [-0.1, -0.05) is 23.2 Å². The molecule has 1 aliphatic rings. The Morgan fingerprint density at radius 1 is 1.43 bits per heavy atom. The van der Waals surface area contributed by atoms with Crippen LogP contribution in [0.25, 0.3) is 0 Å². The van der Waals surface area contributed by atoms with E-state index in [0.29, 0.717) is 27.4 Å². The molecular weight excluding hydrogens is 341 g/mol. The minimum absolute atomic E-state index is 0.188. The number of nitrogens with one attached hydrogen (secondary N) is 1. The molecule has 0 spiro atoms. The quantitative estimate of drug-likeness (QED) is 0.914. The van der Waals surface area contributed by atoms with Crippen LogP contribution in [0.5, 0.6) is 5.75 Å². The van der Waals surface area contributed by atoms with Crippen molar-refractivity contribution in [2.45, 2.75) is 13.1 Å². The Hall–Kier alpha value is -2.02. The third-order valence-corrected chi connectivity index (χ3v) is 3.73. The normalized spacial score (nSPS) is 17.3. The number of carbonyl (C=O) groups excluding carboxylic acids is 1. The van der Waals surface area contributed by atoms with E-state index in [2.05, 4.69) is 10.4 Å². The van der Waals surface area contributed by atoms with Crippen molar-refractivity contribution in [2.75, 3.05) is 6.61 Å². The van der Waals surface area contributed by atoms with Gasteiger partial charge in [0.2, 0.25) is 0 Å². The molecule has 120 valence electrons. The fourth-order valence-electron chi connectivity index (χ4n) is 2.11. The number of amidine groups is 1. The van der Waals surface area contributed by atoms with Crippen LogP contribution in [0.15, 0.2) is 46.0 Å². The number of hydrogen-bond acceptors (Lipinski definition) is 5. The van der Waals surface area contributed by atoms with E-state index in [1.54, 1.807) is 43.5 Å². The van der Waals surface area contributed by atoms with Gasteiger partial charge in [-0.2, -0.15) is 5.43 Å². The van der Waals surface area contributed by atoms with E-state index in [1.165, 1.54) is 5.01 Å². The number of carbonyl (C=O) groups is 1. The second kappa shape index (κ2) is 6.62. The number of ether oxygens (including phenoxy) is 1. The van der Waals surface area contributed by atoms with Crippen LogP contribution in [-0.2, 0) is 4.79 Å². The zero-order chi connectivity index (χ0) is 16.4. The molecule has 0 aliphatic carbocycles. The van der Waals surface area contributed by atoms with Crippen molar-refractivity contribution in [1.82, 2.24) is 10.4 Å². The van der Waals surface area contributed by atoms with Crippen LogP contribution in [0.2, 0.25) is 10.0 Å². The molecule has 8 heteroatoms. The van der Waals surface area contributed by atoms with Gasteiger partial charge in [0, 0.05) is 5.02 Å². The van der Waals surface area contributed by atoms with Crippen molar-refractivity contribution >= 4 is 34.9 Å². The second-order valence-electron chi connectivity index (χ2n) is 4.82. The average molecular weight is 354 g/mol. The number of furan rings is 1. The maximum Gasteiger partial charge on any atom is 0.280 e. The van der Waals surface area contributed by atoms with Crippen LogP contribution in [0.4, 0.5) is 0 Å². The summed E-state index contributed by atoms with van der Waals surface area (Å²) in [5, 5.41) is 2.18. The summed E-state index contributed by atoms with van der Waals surface area (Å²) in [6.07, 6.45) is 1.13. The highest BCUT2D eigenvalue weighted by atomic mass is 35.5. The van der Waals surface area contributed by atoms with Crippen LogP contribution in [-0.4, -0.2) is 23.4 Å². The topological polar surface area (TPSA) is 67.1 Å². The smallest absolute Gasteiger partial charge is 0.280 e. The number of benzene rings is 1. The number of aliphatic imine (C=N–C) groups is 1. The first-order valence-electron chi connectivity index (χ1n) is 6.79. The molecular formula is C15H13Cl2N3O3. The maximum atomic E-state index is 12.3. The van der Waals surface area contributed by atoms with Gasteiger partial charge in [-0.05, 0) is 37.3 Å². The molecule has 2 aromatic rings. The van der Waals surface area contributed by atoms with E-state index < -0.39 is 6.17 Å². The first kappa shape index (κ1) is 15.9. The van der Waals surface area contributed by atoms with Crippen LogP contribution in [0.3, 0.4) is 0 Å². The molecule has 1 amide bonds. The lowest BCUT2D eigenvalue weighted by molar-refractivity contribution is -0.131. The van der Waals surface area contributed by atoms with E-state index >= 15 is 0 Å². The van der Waals surface area contributed by atoms with E-state index in [-0.39, 0.29) is 12.5 Å². The standard InChI is InChI=1S/C15H13Cl2N3O3/c1-9-18-15(13-3-2-6-22-13)19-20(9)14(21)8-23-12-5-4-10(16)7-11(12)17/h2-7,15,19H,8H2,1H3. The molecule has 1 aliphatic heterocycles.